The van der Waals surface area contributed by atoms with Crippen molar-refractivity contribution >= 4 is 10.4 Å². The molecule has 16 heavy (non-hydrogen) atoms. The average molecular weight is 254 g/mol. The maximum Gasteiger partial charge on any atom is 0.394 e. The van der Waals surface area contributed by atoms with Crippen molar-refractivity contribution in [3.63, 3.8) is 0 Å². The first kappa shape index (κ1) is 15.8. The summed E-state index contributed by atoms with van der Waals surface area (Å²) in [6.45, 7) is 8.49. The third kappa shape index (κ3) is 5.79. The van der Waals surface area contributed by atoms with Crippen LogP contribution in [-0.4, -0.2) is 48.2 Å². The van der Waals surface area contributed by atoms with Gasteiger partial charge in [-0.15, -0.1) is 0 Å². The van der Waals surface area contributed by atoms with Gasteiger partial charge in [0.15, 0.2) is 0 Å². The topological polar surface area (TPSA) is 74.6 Å². The van der Waals surface area contributed by atoms with Gasteiger partial charge in [-0.25, -0.2) is 0 Å². The SMILES string of the molecule is CC1CCC(C)(C)[N+](C)(C)C1.O=S(=O)(O)O. The molecule has 1 rings (SSSR count). The van der Waals surface area contributed by atoms with Crippen LogP contribution in [0.4, 0.5) is 0 Å². The summed E-state index contributed by atoms with van der Waals surface area (Å²) < 4.78 is 32.8. The molecule has 0 aliphatic carbocycles. The number of piperidine rings is 1. The minimum Gasteiger partial charge on any atom is -0.324 e. The van der Waals surface area contributed by atoms with E-state index in [4.69, 9.17) is 17.5 Å². The second kappa shape index (κ2) is 5.00. The molecule has 1 unspecified atom stereocenters. The first-order valence-electron chi connectivity index (χ1n) is 5.38. The van der Waals surface area contributed by atoms with Gasteiger partial charge in [0, 0.05) is 12.3 Å². The van der Waals surface area contributed by atoms with Gasteiger partial charge in [0.05, 0.1) is 26.2 Å². The molecule has 0 saturated carbocycles. The van der Waals surface area contributed by atoms with Gasteiger partial charge in [-0.05, 0) is 20.3 Å². The molecule has 6 heteroatoms. The molecule has 0 aromatic carbocycles. The molecule has 1 fully saturated rings. The average Bonchev–Trinajstić information content (AvgIpc) is 1.94. The van der Waals surface area contributed by atoms with Crippen LogP contribution in [0.1, 0.15) is 33.6 Å². The fourth-order valence-electron chi connectivity index (χ4n) is 2.02. The lowest BCUT2D eigenvalue weighted by Gasteiger charge is -2.50. The van der Waals surface area contributed by atoms with E-state index in [0.29, 0.717) is 5.54 Å². The first-order chi connectivity index (χ1) is 6.85. The van der Waals surface area contributed by atoms with E-state index < -0.39 is 10.4 Å². The Kier molecular flexibility index (Phi) is 4.94. The molecule has 5 nitrogen and oxygen atoms in total. The molecule has 0 spiro atoms. The molecule has 1 heterocycles. The standard InChI is InChI=1S/C10H22N.H2O4S/c1-9-6-7-10(2,3)11(4,5)8-9;1-5(2,3)4/h9H,6-8H2,1-5H3;(H2,1,2,3,4)/q+1;. The molecule has 0 aromatic rings. The molecule has 2 N–H and O–H groups in total. The van der Waals surface area contributed by atoms with Crippen LogP contribution in [0.2, 0.25) is 0 Å². The van der Waals surface area contributed by atoms with Crippen molar-refractivity contribution in [2.45, 2.75) is 39.2 Å². The van der Waals surface area contributed by atoms with Crippen LogP contribution < -0.4 is 0 Å². The highest BCUT2D eigenvalue weighted by atomic mass is 32.3. The summed E-state index contributed by atoms with van der Waals surface area (Å²) in [7, 11) is 0.0469. The fraction of sp³-hybridized carbons (Fsp3) is 1.00. The maximum atomic E-state index is 8.74. The summed E-state index contributed by atoms with van der Waals surface area (Å²) in [6, 6.07) is 0. The van der Waals surface area contributed by atoms with Crippen molar-refractivity contribution in [3.8, 4) is 0 Å². The van der Waals surface area contributed by atoms with E-state index in [0.717, 1.165) is 5.92 Å². The zero-order valence-corrected chi connectivity index (χ0v) is 11.6. The predicted molar refractivity (Wildman–Crippen MR) is 63.6 cm³/mol. The minimum atomic E-state index is -4.67. The van der Waals surface area contributed by atoms with E-state index in [1.54, 1.807) is 0 Å². The van der Waals surface area contributed by atoms with Gasteiger partial charge in [0.1, 0.15) is 0 Å². The minimum absolute atomic E-state index is 0.493. The van der Waals surface area contributed by atoms with Crippen LogP contribution in [-0.2, 0) is 10.4 Å². The van der Waals surface area contributed by atoms with Gasteiger partial charge in [-0.1, -0.05) is 6.92 Å². The maximum absolute atomic E-state index is 8.74. The third-order valence-corrected chi connectivity index (χ3v) is 3.66. The van der Waals surface area contributed by atoms with Gasteiger partial charge >= 0.3 is 10.4 Å². The Morgan fingerprint density at radius 3 is 1.88 bits per heavy atom. The highest BCUT2D eigenvalue weighted by Gasteiger charge is 2.41. The quantitative estimate of drug-likeness (QED) is 0.509. The van der Waals surface area contributed by atoms with Gasteiger partial charge in [0.2, 0.25) is 0 Å². The number of hydrogen-bond acceptors (Lipinski definition) is 2. The lowest BCUT2D eigenvalue weighted by Crippen LogP contribution is -2.60. The Bertz CT molecular complexity index is 314. The summed E-state index contributed by atoms with van der Waals surface area (Å²) in [5.74, 6) is 0.915. The molecule has 1 aliphatic rings. The van der Waals surface area contributed by atoms with Gasteiger partial charge in [-0.2, -0.15) is 8.42 Å². The predicted octanol–water partition coefficient (Wildman–Crippen LogP) is 1.62. The number of hydrogen-bond donors (Lipinski definition) is 2. The number of nitrogens with zero attached hydrogens (tertiary/aromatic N) is 1. The smallest absolute Gasteiger partial charge is 0.324 e. The van der Waals surface area contributed by atoms with Crippen molar-refractivity contribution in [3.05, 3.63) is 0 Å². The van der Waals surface area contributed by atoms with Crippen molar-refractivity contribution in [1.82, 2.24) is 0 Å². The van der Waals surface area contributed by atoms with Crippen molar-refractivity contribution in [2.24, 2.45) is 5.92 Å². The van der Waals surface area contributed by atoms with Crippen molar-refractivity contribution in [1.29, 1.82) is 0 Å². The normalized spacial score (nSPS) is 27.8. The summed E-state index contributed by atoms with van der Waals surface area (Å²) in [6.07, 6.45) is 2.79. The summed E-state index contributed by atoms with van der Waals surface area (Å²) in [5, 5.41) is 0. The Hall–Kier alpha value is -0.170. The van der Waals surface area contributed by atoms with Crippen LogP contribution in [0.5, 0.6) is 0 Å². The Labute approximate surface area is 98.6 Å². The molecule has 98 valence electrons. The zero-order chi connectivity index (χ0) is 13.2. The molecule has 0 bridgehead atoms. The van der Waals surface area contributed by atoms with Gasteiger partial charge < -0.3 is 4.48 Å². The Morgan fingerprint density at radius 1 is 1.25 bits per heavy atom. The van der Waals surface area contributed by atoms with Crippen LogP contribution in [0.3, 0.4) is 0 Å². The fourth-order valence-corrected chi connectivity index (χ4v) is 2.02. The number of quaternary nitrogens is 1. The van der Waals surface area contributed by atoms with Crippen LogP contribution in [0.25, 0.3) is 0 Å². The van der Waals surface area contributed by atoms with Crippen molar-refractivity contribution in [2.75, 3.05) is 20.6 Å². The highest BCUT2D eigenvalue weighted by Crippen LogP contribution is 2.33. The van der Waals surface area contributed by atoms with E-state index in [9.17, 15) is 0 Å². The lowest BCUT2D eigenvalue weighted by molar-refractivity contribution is -0.946. The molecule has 0 amide bonds. The molecule has 1 atom stereocenters. The molecule has 1 aliphatic heterocycles. The highest BCUT2D eigenvalue weighted by molar-refractivity contribution is 7.79. The van der Waals surface area contributed by atoms with E-state index in [-0.39, 0.29) is 0 Å². The van der Waals surface area contributed by atoms with Crippen LogP contribution in [0, 0.1) is 5.92 Å². The zero-order valence-electron chi connectivity index (χ0n) is 10.8. The summed E-state index contributed by atoms with van der Waals surface area (Å²) >= 11 is 0. The van der Waals surface area contributed by atoms with Crippen LogP contribution >= 0.6 is 0 Å². The second-order valence-electron chi connectivity index (χ2n) is 5.77. The monoisotopic (exact) mass is 254 g/mol. The molecular formula is C10H24NO4S+. The largest absolute Gasteiger partial charge is 0.394 e. The molecule has 0 radical (unpaired) electrons. The van der Waals surface area contributed by atoms with E-state index in [2.05, 4.69) is 34.9 Å². The van der Waals surface area contributed by atoms with E-state index in [1.165, 1.54) is 23.9 Å². The Balaban J connectivity index is 0.000000385. The summed E-state index contributed by atoms with van der Waals surface area (Å²) in [5.41, 5.74) is 0.493. The summed E-state index contributed by atoms with van der Waals surface area (Å²) in [4.78, 5) is 0. The van der Waals surface area contributed by atoms with E-state index >= 15 is 0 Å². The van der Waals surface area contributed by atoms with Gasteiger partial charge in [0.25, 0.3) is 0 Å². The second-order valence-corrected chi connectivity index (χ2v) is 6.67. The van der Waals surface area contributed by atoms with Crippen molar-refractivity contribution < 1.29 is 22.0 Å². The first-order valence-corrected chi connectivity index (χ1v) is 6.78. The van der Waals surface area contributed by atoms with Crippen LogP contribution in [0.15, 0.2) is 0 Å². The van der Waals surface area contributed by atoms with Gasteiger partial charge in [-0.3, -0.25) is 9.11 Å². The third-order valence-electron chi connectivity index (χ3n) is 3.66. The van der Waals surface area contributed by atoms with E-state index in [1.807, 2.05) is 0 Å². The molecule has 0 aromatic heterocycles. The number of likely N-dealkylation sites (tertiary alicyclic amines) is 1. The Morgan fingerprint density at radius 2 is 1.62 bits per heavy atom. The number of rotatable bonds is 0. The molecular weight excluding hydrogens is 230 g/mol. The lowest BCUT2D eigenvalue weighted by atomic mass is 9.84. The molecule has 1 saturated heterocycles.